The predicted molar refractivity (Wildman–Crippen MR) is 193 cm³/mol. The Hall–Kier alpha value is -5.74. The van der Waals surface area contributed by atoms with Crippen molar-refractivity contribution in [2.24, 2.45) is 0 Å². The maximum absolute atomic E-state index is 14.9. The highest BCUT2D eigenvalue weighted by molar-refractivity contribution is 5.93. The van der Waals surface area contributed by atoms with Crippen LogP contribution in [-0.2, 0) is 26.7 Å². The van der Waals surface area contributed by atoms with Crippen LogP contribution in [0.5, 0.6) is 23.0 Å². The van der Waals surface area contributed by atoms with Crippen LogP contribution in [0.15, 0.2) is 73.8 Å². The first-order valence-corrected chi connectivity index (χ1v) is 18.0. The van der Waals surface area contributed by atoms with Crippen molar-refractivity contribution < 1.29 is 78.0 Å². The van der Waals surface area contributed by atoms with Gasteiger partial charge in [0, 0.05) is 24.6 Å². The molecule has 9 nitrogen and oxygen atoms in total. The third-order valence-corrected chi connectivity index (χ3v) is 8.20. The third kappa shape index (κ3) is 14.6. The minimum Gasteiger partial charge on any atom is -0.493 e. The van der Waals surface area contributed by atoms with Crippen molar-refractivity contribution in [2.45, 2.75) is 76.6 Å². The Labute approximate surface area is 328 Å². The largest absolute Gasteiger partial charge is 0.493 e. The summed E-state index contributed by atoms with van der Waals surface area (Å²) in [4.78, 5) is 47.8. The molecule has 58 heavy (non-hydrogen) atoms. The molecule has 0 saturated heterocycles. The normalized spacial score (nSPS) is 11.4. The Bertz CT molecular complexity index is 1790. The van der Waals surface area contributed by atoms with Crippen LogP contribution >= 0.6 is 0 Å². The lowest BCUT2D eigenvalue weighted by Gasteiger charge is -2.21. The maximum Gasteiger partial charge on any atom is 0.420 e. The minimum absolute atomic E-state index is 0.0419. The number of benzene rings is 3. The summed E-state index contributed by atoms with van der Waals surface area (Å²) in [5.74, 6) is -10.2. The predicted octanol–water partition coefficient (Wildman–Crippen LogP) is 10.6. The molecule has 0 aliphatic rings. The van der Waals surface area contributed by atoms with Crippen LogP contribution in [0.1, 0.15) is 96.1 Å². The number of carbonyl (C=O) groups excluding carboxylic acids is 4. The van der Waals surface area contributed by atoms with Crippen molar-refractivity contribution >= 4 is 23.7 Å². The molecular weight excluding hydrogens is 788 g/mol. The number of esters is 3. The van der Waals surface area contributed by atoms with Gasteiger partial charge in [-0.2, -0.15) is 26.3 Å². The van der Waals surface area contributed by atoms with Crippen molar-refractivity contribution in [1.29, 1.82) is 0 Å². The van der Waals surface area contributed by atoms with Gasteiger partial charge in [-0.25, -0.2) is 23.2 Å². The van der Waals surface area contributed by atoms with E-state index in [9.17, 15) is 54.3 Å². The molecule has 0 amide bonds. The number of hydrogen-bond acceptors (Lipinski definition) is 9. The Morgan fingerprint density at radius 3 is 1.36 bits per heavy atom. The summed E-state index contributed by atoms with van der Waals surface area (Å²) in [5, 5.41) is 0. The van der Waals surface area contributed by atoms with Gasteiger partial charge >= 0.3 is 30.3 Å². The van der Waals surface area contributed by atoms with Gasteiger partial charge < -0.3 is 23.7 Å². The van der Waals surface area contributed by atoms with Crippen LogP contribution in [0.4, 0.5) is 35.1 Å². The maximum atomic E-state index is 14.9. The fourth-order valence-electron chi connectivity index (χ4n) is 5.31. The van der Waals surface area contributed by atoms with Crippen molar-refractivity contribution in [3.63, 3.8) is 0 Å². The molecule has 3 rings (SSSR count). The summed E-state index contributed by atoms with van der Waals surface area (Å²) >= 11 is 0. The van der Waals surface area contributed by atoms with Gasteiger partial charge in [-0.1, -0.05) is 32.4 Å². The van der Waals surface area contributed by atoms with E-state index in [1.807, 2.05) is 0 Å². The molecule has 3 aromatic carbocycles. The smallest absolute Gasteiger partial charge is 0.420 e. The highest BCUT2D eigenvalue weighted by atomic mass is 19.4. The van der Waals surface area contributed by atoms with Crippen molar-refractivity contribution in [3.8, 4) is 23.0 Å². The summed E-state index contributed by atoms with van der Waals surface area (Å²) in [6.07, 6.45) is -3.03. The molecule has 0 saturated carbocycles. The minimum atomic E-state index is -5.87. The van der Waals surface area contributed by atoms with Crippen LogP contribution < -0.4 is 18.9 Å². The number of halogens is 8. The van der Waals surface area contributed by atoms with Gasteiger partial charge in [-0.15, -0.1) is 0 Å². The number of carbonyl (C=O) groups is 4. The molecule has 0 N–H and O–H groups in total. The zero-order valence-electron chi connectivity index (χ0n) is 31.1. The van der Waals surface area contributed by atoms with Crippen molar-refractivity contribution in [1.82, 2.24) is 0 Å². The fraction of sp³-hybridized carbons (Fsp3) is 0.366. The molecule has 0 atom stereocenters. The summed E-state index contributed by atoms with van der Waals surface area (Å²) in [6.45, 7) is 7.14. The second-order valence-electron chi connectivity index (χ2n) is 12.5. The Kier molecular flexibility index (Phi) is 17.9. The molecule has 314 valence electrons. The standard InChI is InChI=1S/C41H40F8O9/c1-3-26(50)14-10-6-5-7-11-21-54-27-15-17-29(31(42)24-27)38(52)57-33-19-20-34(37(41(47,48)49)36(33)40(44,45)46)58-39(53)30-18-16-28(25-32(30)43)55-22-12-8-9-13-23-56-35(51)4-2/h3-4,15-20,24-25H,1-2,5-14,21-23H2. The average molecular weight is 829 g/mol. The van der Waals surface area contributed by atoms with Gasteiger partial charge in [0.25, 0.3) is 0 Å². The SMILES string of the molecule is C=CC(=O)CCCCCCCOc1ccc(C(=O)Oc2ccc(OC(=O)c3ccc(OCCCCCCOC(=O)C=C)cc3F)c(C(F)(F)F)c2C(F)(F)F)c(F)c1. The molecular formula is C41H40F8O9. The first kappa shape index (κ1) is 46.6. The van der Waals surface area contributed by atoms with Crippen molar-refractivity contribution in [3.05, 3.63) is 108 Å². The zero-order chi connectivity index (χ0) is 42.9. The van der Waals surface area contributed by atoms with Gasteiger partial charge in [-0.3, -0.25) is 4.79 Å². The van der Waals surface area contributed by atoms with E-state index in [0.717, 1.165) is 61.7 Å². The number of hydrogen-bond donors (Lipinski definition) is 0. The van der Waals surface area contributed by atoms with Gasteiger partial charge in [0.2, 0.25) is 0 Å². The molecule has 0 unspecified atom stereocenters. The second-order valence-corrected chi connectivity index (χ2v) is 12.5. The van der Waals surface area contributed by atoms with Gasteiger partial charge in [-0.05, 0) is 81.0 Å². The topological polar surface area (TPSA) is 114 Å². The first-order valence-electron chi connectivity index (χ1n) is 18.0. The van der Waals surface area contributed by atoms with E-state index in [0.29, 0.717) is 44.9 Å². The highest BCUT2D eigenvalue weighted by Gasteiger charge is 2.49. The van der Waals surface area contributed by atoms with E-state index in [1.165, 1.54) is 6.08 Å². The third-order valence-electron chi connectivity index (χ3n) is 8.20. The average Bonchev–Trinajstić information content (AvgIpc) is 3.16. The lowest BCUT2D eigenvalue weighted by atomic mass is 10.0. The number of rotatable bonds is 23. The fourth-order valence-corrected chi connectivity index (χ4v) is 5.31. The molecule has 17 heteroatoms. The summed E-state index contributed by atoms with van der Waals surface area (Å²) < 4.78 is 140. The Morgan fingerprint density at radius 2 is 0.966 bits per heavy atom. The second kappa shape index (κ2) is 22.3. The molecule has 0 radical (unpaired) electrons. The Balaban J connectivity index is 1.68. The first-order chi connectivity index (χ1) is 27.5. The lowest BCUT2D eigenvalue weighted by Crippen LogP contribution is -2.23. The van der Waals surface area contributed by atoms with E-state index in [2.05, 4.69) is 22.6 Å². The van der Waals surface area contributed by atoms with Crippen LogP contribution in [-0.4, -0.2) is 43.5 Å². The van der Waals surface area contributed by atoms with E-state index in [-0.39, 0.29) is 49.2 Å². The summed E-state index contributed by atoms with van der Waals surface area (Å²) in [7, 11) is 0. The molecule has 3 aromatic rings. The summed E-state index contributed by atoms with van der Waals surface area (Å²) in [5.41, 5.74) is -6.99. The van der Waals surface area contributed by atoms with E-state index >= 15 is 0 Å². The number of ketones is 1. The molecule has 0 spiro atoms. The monoisotopic (exact) mass is 828 g/mol. The molecule has 0 heterocycles. The van der Waals surface area contributed by atoms with E-state index in [1.54, 1.807) is 0 Å². The lowest BCUT2D eigenvalue weighted by molar-refractivity contribution is -0.163. The van der Waals surface area contributed by atoms with Gasteiger partial charge in [0.15, 0.2) is 5.78 Å². The molecule has 0 aromatic heterocycles. The molecule has 0 aliphatic carbocycles. The van der Waals surface area contributed by atoms with Gasteiger partial charge in [0.05, 0.1) is 30.9 Å². The van der Waals surface area contributed by atoms with E-state index < -0.39 is 75.6 Å². The number of ether oxygens (including phenoxy) is 5. The van der Waals surface area contributed by atoms with Crippen LogP contribution in [0.2, 0.25) is 0 Å². The van der Waals surface area contributed by atoms with Crippen LogP contribution in [0.3, 0.4) is 0 Å². The zero-order valence-corrected chi connectivity index (χ0v) is 31.1. The molecule has 0 bridgehead atoms. The number of unbranched alkanes of at least 4 members (excludes halogenated alkanes) is 7. The van der Waals surface area contributed by atoms with Crippen molar-refractivity contribution in [2.75, 3.05) is 19.8 Å². The molecule has 0 fully saturated rings. The number of alkyl halides is 6. The highest BCUT2D eigenvalue weighted by Crippen LogP contribution is 2.49. The van der Waals surface area contributed by atoms with E-state index in [4.69, 9.17) is 14.2 Å². The van der Waals surface area contributed by atoms with Crippen LogP contribution in [0.25, 0.3) is 0 Å². The number of allylic oxidation sites excluding steroid dienone is 1. The quantitative estimate of drug-likeness (QED) is 0.0303. The van der Waals surface area contributed by atoms with Gasteiger partial charge in [0.1, 0.15) is 45.8 Å². The Morgan fingerprint density at radius 1 is 0.552 bits per heavy atom. The molecule has 0 aliphatic heterocycles. The van der Waals surface area contributed by atoms with Crippen LogP contribution in [0, 0.1) is 11.6 Å². The summed E-state index contributed by atoms with van der Waals surface area (Å²) in [6, 6.07) is 5.86.